The highest BCUT2D eigenvalue weighted by molar-refractivity contribution is 5.74. The minimum absolute atomic E-state index is 0.167. The minimum atomic E-state index is -1.12. The summed E-state index contributed by atoms with van der Waals surface area (Å²) in [5.41, 5.74) is 4.86. The molecule has 0 amide bonds. The van der Waals surface area contributed by atoms with Gasteiger partial charge in [-0.1, -0.05) is 6.92 Å². The van der Waals surface area contributed by atoms with E-state index in [-0.39, 0.29) is 17.7 Å². The number of carboxylic acids is 1. The average molecular weight is 179 g/mol. The molecule has 5 nitrogen and oxygen atoms in total. The van der Waals surface area contributed by atoms with Gasteiger partial charge in [-0.3, -0.25) is 4.79 Å². The highest BCUT2D eigenvalue weighted by Crippen LogP contribution is 2.13. The number of carbonyl (C=O) groups is 1. The van der Waals surface area contributed by atoms with Crippen LogP contribution in [0.15, 0.2) is 11.3 Å². The van der Waals surface area contributed by atoms with Gasteiger partial charge in [0.15, 0.2) is 0 Å². The van der Waals surface area contributed by atoms with Crippen molar-refractivity contribution in [2.75, 3.05) is 0 Å². The van der Waals surface area contributed by atoms with E-state index >= 15 is 0 Å². The summed E-state index contributed by atoms with van der Waals surface area (Å²) in [5.74, 6) is -2.07. The summed E-state index contributed by atoms with van der Waals surface area (Å²) in [6.07, 6.45) is 0.258. The van der Waals surface area contributed by atoms with Crippen LogP contribution in [0.4, 0.5) is 0 Å². The lowest BCUT2D eigenvalue weighted by atomic mass is 10.00. The number of hydrogen-bond acceptors (Lipinski definition) is 4. The molecule has 0 rings (SSSR count). The van der Waals surface area contributed by atoms with E-state index in [0.717, 1.165) is 0 Å². The normalized spacial score (nSPS) is 10.7. The fourth-order valence-electron chi connectivity index (χ4n) is 0.856. The number of nitrogens with two attached hydrogens (primary N) is 1. The molecule has 0 aliphatic carbocycles. The van der Waals surface area contributed by atoms with E-state index < -0.39 is 11.9 Å². The van der Waals surface area contributed by atoms with Gasteiger partial charge in [0.2, 0.25) is 0 Å². The van der Waals surface area contributed by atoms with Gasteiger partial charge in [0.25, 0.3) is 0 Å². The first-order valence-electron chi connectivity index (χ1n) is 3.61. The maximum atomic E-state index is 10.6. The van der Waals surface area contributed by atoms with E-state index in [0.29, 0.717) is 0 Å². The molecule has 0 heterocycles. The van der Waals surface area contributed by atoms with Crippen molar-refractivity contribution in [3.05, 3.63) is 11.3 Å². The molecule has 68 valence electrons. The molecule has 1 atom stereocenters. The number of aliphatic carboxylic acids is 1. The van der Waals surface area contributed by atoms with Crippen LogP contribution in [0.2, 0.25) is 0 Å². The Morgan fingerprint density at radius 3 is 2.23 bits per heavy atom. The van der Waals surface area contributed by atoms with Gasteiger partial charge in [0, 0.05) is 0 Å². The Kier molecular flexibility index (Phi) is 4.05. The van der Waals surface area contributed by atoms with Crippen molar-refractivity contribution in [2.45, 2.75) is 13.3 Å². The quantitative estimate of drug-likeness (QED) is 0.607. The molecule has 0 fully saturated rings. The van der Waals surface area contributed by atoms with E-state index in [1.807, 2.05) is 0 Å². The Labute approximate surface area is 75.7 Å². The average Bonchev–Trinajstić information content (AvgIpc) is 2.07. The molecule has 13 heavy (non-hydrogen) atoms. The highest BCUT2D eigenvalue weighted by atomic mass is 16.4. The summed E-state index contributed by atoms with van der Waals surface area (Å²) in [6, 6.07) is 3.10. The Morgan fingerprint density at radius 1 is 1.54 bits per heavy atom. The van der Waals surface area contributed by atoms with Crippen molar-refractivity contribution < 1.29 is 9.90 Å². The summed E-state index contributed by atoms with van der Waals surface area (Å²) in [6.45, 7) is 1.62. The lowest BCUT2D eigenvalue weighted by Crippen LogP contribution is -2.21. The van der Waals surface area contributed by atoms with E-state index in [2.05, 4.69) is 0 Å². The Bertz CT molecular complexity index is 303. The SMILES string of the molecule is CCC(C(=O)O)C(N)=C(C#N)C#N. The molecule has 0 radical (unpaired) electrons. The van der Waals surface area contributed by atoms with Crippen LogP contribution >= 0.6 is 0 Å². The monoisotopic (exact) mass is 179 g/mol. The first-order valence-corrected chi connectivity index (χ1v) is 3.61. The Balaban J connectivity index is 5.07. The van der Waals surface area contributed by atoms with Crippen LogP contribution in [0.1, 0.15) is 13.3 Å². The highest BCUT2D eigenvalue weighted by Gasteiger charge is 2.21. The van der Waals surface area contributed by atoms with Gasteiger partial charge in [-0.15, -0.1) is 0 Å². The summed E-state index contributed by atoms with van der Waals surface area (Å²) >= 11 is 0. The zero-order valence-electron chi connectivity index (χ0n) is 7.11. The van der Waals surface area contributed by atoms with Crippen molar-refractivity contribution in [1.29, 1.82) is 10.5 Å². The second-order valence-corrected chi connectivity index (χ2v) is 2.35. The van der Waals surface area contributed by atoms with Crippen LogP contribution in [0.25, 0.3) is 0 Å². The van der Waals surface area contributed by atoms with Crippen LogP contribution < -0.4 is 5.73 Å². The van der Waals surface area contributed by atoms with Crippen molar-refractivity contribution in [3.8, 4) is 12.1 Å². The van der Waals surface area contributed by atoms with Crippen molar-refractivity contribution in [2.24, 2.45) is 11.7 Å². The van der Waals surface area contributed by atoms with Crippen molar-refractivity contribution in [3.63, 3.8) is 0 Å². The zero-order chi connectivity index (χ0) is 10.4. The van der Waals surface area contributed by atoms with Gasteiger partial charge in [0.1, 0.15) is 17.7 Å². The number of allylic oxidation sites excluding steroid dienone is 1. The summed E-state index contributed by atoms with van der Waals surface area (Å²) in [7, 11) is 0. The van der Waals surface area contributed by atoms with Crippen LogP contribution in [-0.4, -0.2) is 11.1 Å². The second-order valence-electron chi connectivity index (χ2n) is 2.35. The number of carboxylic acid groups (broad SMARTS) is 1. The molecule has 0 spiro atoms. The molecule has 0 aliphatic heterocycles. The molecule has 0 aromatic heterocycles. The lowest BCUT2D eigenvalue weighted by molar-refractivity contribution is -0.140. The number of rotatable bonds is 3. The lowest BCUT2D eigenvalue weighted by Gasteiger charge is -2.08. The maximum Gasteiger partial charge on any atom is 0.312 e. The molecule has 0 saturated carbocycles. The third-order valence-corrected chi connectivity index (χ3v) is 1.59. The number of nitrogens with zero attached hydrogens (tertiary/aromatic N) is 2. The first-order chi connectivity index (χ1) is 6.08. The molecule has 0 saturated heterocycles. The number of nitriles is 2. The van der Waals surface area contributed by atoms with Gasteiger partial charge in [-0.25, -0.2) is 0 Å². The first kappa shape index (κ1) is 11.0. The predicted octanol–water partition coefficient (Wildman–Crippen LogP) is 0.357. The fraction of sp³-hybridized carbons (Fsp3) is 0.375. The standard InChI is InChI=1S/C8H9N3O2/c1-2-6(8(12)13)7(11)5(3-9)4-10/h6H,2,11H2,1H3,(H,12,13). The van der Waals surface area contributed by atoms with Gasteiger partial charge in [-0.2, -0.15) is 10.5 Å². The molecule has 5 heteroatoms. The predicted molar refractivity (Wildman–Crippen MR) is 43.9 cm³/mol. The molecular formula is C8H9N3O2. The molecule has 0 aliphatic rings. The van der Waals surface area contributed by atoms with Gasteiger partial charge >= 0.3 is 5.97 Å². The van der Waals surface area contributed by atoms with E-state index in [9.17, 15) is 4.79 Å². The van der Waals surface area contributed by atoms with E-state index in [4.69, 9.17) is 21.4 Å². The molecule has 3 N–H and O–H groups in total. The topological polar surface area (TPSA) is 111 Å². The van der Waals surface area contributed by atoms with Crippen LogP contribution in [0.5, 0.6) is 0 Å². The third kappa shape index (κ3) is 2.49. The third-order valence-electron chi connectivity index (χ3n) is 1.59. The molecular weight excluding hydrogens is 170 g/mol. The molecule has 0 bridgehead atoms. The molecule has 0 aromatic rings. The molecule has 1 unspecified atom stereocenters. The van der Waals surface area contributed by atoms with E-state index in [1.165, 1.54) is 0 Å². The number of hydrogen-bond donors (Lipinski definition) is 2. The Hall–Kier alpha value is -2.01. The van der Waals surface area contributed by atoms with Crippen molar-refractivity contribution >= 4 is 5.97 Å². The van der Waals surface area contributed by atoms with Gasteiger partial charge < -0.3 is 10.8 Å². The second kappa shape index (κ2) is 4.78. The Morgan fingerprint density at radius 2 is 2.00 bits per heavy atom. The van der Waals surface area contributed by atoms with Crippen LogP contribution in [0.3, 0.4) is 0 Å². The summed E-state index contributed by atoms with van der Waals surface area (Å²) < 4.78 is 0. The summed E-state index contributed by atoms with van der Waals surface area (Å²) in [4.78, 5) is 10.6. The van der Waals surface area contributed by atoms with E-state index in [1.54, 1.807) is 19.1 Å². The largest absolute Gasteiger partial charge is 0.481 e. The van der Waals surface area contributed by atoms with Crippen LogP contribution in [0, 0.1) is 28.6 Å². The van der Waals surface area contributed by atoms with Crippen LogP contribution in [-0.2, 0) is 4.79 Å². The smallest absolute Gasteiger partial charge is 0.312 e. The fourth-order valence-corrected chi connectivity index (χ4v) is 0.856. The maximum absolute atomic E-state index is 10.6. The van der Waals surface area contributed by atoms with Crippen molar-refractivity contribution in [1.82, 2.24) is 0 Å². The molecule has 0 aromatic carbocycles. The minimum Gasteiger partial charge on any atom is -0.481 e. The van der Waals surface area contributed by atoms with Gasteiger partial charge in [-0.05, 0) is 6.42 Å². The summed E-state index contributed by atoms with van der Waals surface area (Å²) in [5, 5.41) is 25.5. The van der Waals surface area contributed by atoms with Gasteiger partial charge in [0.05, 0.1) is 11.6 Å². The zero-order valence-corrected chi connectivity index (χ0v) is 7.11.